The van der Waals surface area contributed by atoms with Crippen LogP contribution < -0.4 is 0 Å². The van der Waals surface area contributed by atoms with Crippen LogP contribution in [0.2, 0.25) is 0 Å². The molecule has 27 aromatic rings. The van der Waals surface area contributed by atoms with Gasteiger partial charge in [0.15, 0.2) is 0 Å². The Morgan fingerprint density at radius 2 is 0.439 bits per heavy atom. The first-order valence-corrected chi connectivity index (χ1v) is 46.5. The molecule has 0 saturated heterocycles. The predicted molar refractivity (Wildman–Crippen MR) is 540 cm³/mol. The van der Waals surface area contributed by atoms with Gasteiger partial charge in [0.25, 0.3) is 0 Å². The third kappa shape index (κ3) is 11.8. The molecular weight excluding hydrogens is 1600 g/mol. The van der Waals surface area contributed by atoms with E-state index in [1.165, 1.54) is 238 Å². The topological polar surface area (TPSA) is 14.8 Å². The molecule has 0 atom stereocenters. The van der Waals surface area contributed by atoms with Gasteiger partial charge in [-0.2, -0.15) is 0 Å². The predicted octanol–water partition coefficient (Wildman–Crippen LogP) is 35.1. The summed E-state index contributed by atoms with van der Waals surface area (Å²) < 4.78 is 23.4. The molecule has 0 saturated carbocycles. The molecule has 0 spiro atoms. The highest BCUT2D eigenvalue weighted by atomic mass is 32.1. The van der Waals surface area contributed by atoms with Crippen molar-refractivity contribution in [1.82, 2.24) is 13.7 Å². The van der Waals surface area contributed by atoms with Crippen LogP contribution in [-0.2, 0) is 0 Å². The molecule has 0 aliphatic rings. The van der Waals surface area contributed by atoms with Crippen molar-refractivity contribution < 1.29 is 0 Å². The molecule has 0 aliphatic carbocycles. The average Bonchev–Trinajstić information content (AvgIpc) is 1.57. The van der Waals surface area contributed by atoms with Crippen LogP contribution in [0, 0.1) is 0 Å². The summed E-state index contributed by atoms with van der Waals surface area (Å²) in [6, 6.07) is 153. The summed E-state index contributed by atoms with van der Waals surface area (Å²) in [5, 5.41) is 15.9. The van der Waals surface area contributed by atoms with Crippen molar-refractivity contribution in [2.24, 2.45) is 0 Å². The van der Waals surface area contributed by atoms with E-state index in [2.05, 4.69) is 432 Å². The number of para-hydroxylation sites is 6. The maximum Gasteiger partial charge on any atom is 0.0727 e. The zero-order valence-electron chi connectivity index (χ0n) is 66.1. The Kier molecular flexibility index (Phi) is 17.1. The van der Waals surface area contributed by atoms with Gasteiger partial charge in [-0.05, 0) is 182 Å². The van der Waals surface area contributed by atoms with Crippen molar-refractivity contribution in [1.29, 1.82) is 0 Å². The van der Waals surface area contributed by atoms with Crippen molar-refractivity contribution in [3.05, 3.63) is 419 Å². The van der Waals surface area contributed by atoms with Crippen LogP contribution in [0.25, 0.3) is 238 Å². The summed E-state index contributed by atoms with van der Waals surface area (Å²) in [6.07, 6.45) is 0. The molecule has 0 N–H and O–H groups in total. The maximum absolute atomic E-state index is 2.44. The molecule has 0 fully saturated rings. The quantitative estimate of drug-likeness (QED) is 0.137. The van der Waals surface area contributed by atoms with Gasteiger partial charge in [0.05, 0.1) is 47.2 Å². The van der Waals surface area contributed by atoms with Crippen molar-refractivity contribution in [2.45, 2.75) is 0 Å². The number of aromatic nitrogens is 3. The number of hydrogen-bond donors (Lipinski definition) is 0. The largest absolute Gasteiger partial charge is 0.308 e. The minimum atomic E-state index is 1.20. The Morgan fingerprint density at radius 3 is 0.911 bits per heavy atom. The maximum atomic E-state index is 2.44. The summed E-state index contributed by atoms with van der Waals surface area (Å²) in [5.74, 6) is 0. The molecule has 0 unspecified atom stereocenters. The molecule has 27 rings (SSSR count). The third-order valence-corrected chi connectivity index (χ3v) is 31.8. The third-order valence-electron chi connectivity index (χ3n) is 24.6. The second-order valence-electron chi connectivity index (χ2n) is 31.6. The Bertz CT molecular complexity index is 8900. The Morgan fingerprint density at radius 1 is 0.146 bits per heavy atom. The van der Waals surface area contributed by atoms with Crippen LogP contribution in [-0.4, -0.2) is 13.7 Å². The van der Waals surface area contributed by atoms with E-state index < -0.39 is 0 Å². The van der Waals surface area contributed by atoms with Crippen molar-refractivity contribution in [3.63, 3.8) is 0 Å². The van der Waals surface area contributed by atoms with Crippen molar-refractivity contribution >= 4 is 222 Å². The first-order chi connectivity index (χ1) is 61.0. The fraction of sp³-hybridized carbons (Fsp3) is 0. The zero-order chi connectivity index (χ0) is 80.7. The van der Waals surface area contributed by atoms with Crippen molar-refractivity contribution in [2.75, 3.05) is 0 Å². The second kappa shape index (κ2) is 29.4. The number of fused-ring (bicyclic) bond motifs is 24. The van der Waals surface area contributed by atoms with E-state index in [1.54, 1.807) is 0 Å². The zero-order valence-corrected chi connectivity index (χ0v) is 71.0. The number of thiophene rings is 6. The summed E-state index contributed by atoms with van der Waals surface area (Å²) in [6.45, 7) is 0. The second-order valence-corrected chi connectivity index (χ2v) is 37.9. The lowest BCUT2D eigenvalue weighted by Gasteiger charge is -2.10. The SMILES string of the molecule is c1ccc(-n2c3ccccc3c3sc4c(-c5cccc(-c6ccc7c(c6)sc6ccccc67)c5)cccc4c32)cc1.c1ccc(-n2c3ccccc3c3sc4c(-c5cccc(-c6ccc7sc8ccccc8c7c6)c5)cccc4c32)cc1.c1ccc(-n2c3ccccc3c3sc4c(-c5cccc(-c6cccc7sc8ccccc8c67)c5)cccc4c32)cc1. The number of rotatable bonds is 9. The normalized spacial score (nSPS) is 11.9. The van der Waals surface area contributed by atoms with Gasteiger partial charge in [-0.15, -0.1) is 68.0 Å². The monoisotopic (exact) mass is 1670 g/mol. The molecule has 0 amide bonds. The summed E-state index contributed by atoms with van der Waals surface area (Å²) in [5.41, 5.74) is 26.4. The molecule has 9 heterocycles. The first-order valence-electron chi connectivity index (χ1n) is 41.6. The molecule has 576 valence electrons. The lowest BCUT2D eigenvalue weighted by atomic mass is 9.95. The van der Waals surface area contributed by atoms with E-state index in [1.807, 2.05) is 68.0 Å². The Labute approximate surface area is 731 Å². The van der Waals surface area contributed by atoms with Crippen LogP contribution in [0.5, 0.6) is 0 Å². The highest BCUT2D eigenvalue weighted by Gasteiger charge is 2.25. The van der Waals surface area contributed by atoms with Gasteiger partial charge in [-0.3, -0.25) is 0 Å². The molecule has 3 nitrogen and oxygen atoms in total. The number of hydrogen-bond acceptors (Lipinski definition) is 6. The van der Waals surface area contributed by atoms with E-state index in [0.29, 0.717) is 0 Å². The van der Waals surface area contributed by atoms with Crippen LogP contribution >= 0.6 is 68.0 Å². The molecule has 9 aromatic heterocycles. The lowest BCUT2D eigenvalue weighted by molar-refractivity contribution is 1.19. The smallest absolute Gasteiger partial charge is 0.0727 e. The van der Waals surface area contributed by atoms with Gasteiger partial charge < -0.3 is 13.7 Å². The summed E-state index contributed by atoms with van der Waals surface area (Å²) in [7, 11) is 0. The lowest BCUT2D eigenvalue weighted by Crippen LogP contribution is -1.92. The van der Waals surface area contributed by atoms with E-state index in [4.69, 9.17) is 0 Å². The van der Waals surface area contributed by atoms with E-state index in [0.717, 1.165) is 0 Å². The average molecular weight is 1670 g/mol. The Balaban J connectivity index is 0.000000101. The standard InChI is InChI=1S/3C38H23NS2/c1-2-13-26(14-3-1)39-32-20-6-4-15-29(32)38-36(39)31-19-9-18-28(37(31)41-38)25-12-8-11-24(23-25)27-17-10-22-34-35(27)30-16-5-7-21-33(30)40-34;1-2-12-27(13-3-1)39-33-18-6-4-15-31(33)38-36(39)32-17-9-16-28(37(32)41-38)26-11-8-10-24(22-26)25-20-21-30-29-14-5-7-19-34(29)40-35(30)23-25;1-2-12-27(13-3-1)39-33-18-6-4-15-30(33)38-36(39)31-17-9-16-28(37(31)41-38)26-11-8-10-24(22-26)25-20-21-35-32(23-25)29-14-5-7-19-34(29)40-35/h3*1-23H. The number of benzene rings is 18. The molecule has 0 bridgehead atoms. The molecule has 123 heavy (non-hydrogen) atoms. The minimum Gasteiger partial charge on any atom is -0.308 e. The highest BCUT2D eigenvalue weighted by molar-refractivity contribution is 7.29. The van der Waals surface area contributed by atoms with Gasteiger partial charge in [0, 0.05) is 124 Å². The van der Waals surface area contributed by atoms with Gasteiger partial charge in [-0.25, -0.2) is 0 Å². The van der Waals surface area contributed by atoms with Gasteiger partial charge in [0.2, 0.25) is 0 Å². The molecular formula is C114H69N3S6. The minimum absolute atomic E-state index is 1.20. The van der Waals surface area contributed by atoms with Crippen LogP contribution in [0.3, 0.4) is 0 Å². The molecule has 0 radical (unpaired) electrons. The Hall–Kier alpha value is -14.1. The van der Waals surface area contributed by atoms with E-state index >= 15 is 0 Å². The first kappa shape index (κ1) is 71.8. The van der Waals surface area contributed by atoms with E-state index in [9.17, 15) is 0 Å². The molecule has 18 aromatic carbocycles. The molecule has 9 heteroatoms. The highest BCUT2D eigenvalue weighted by Crippen LogP contribution is 2.52. The van der Waals surface area contributed by atoms with Gasteiger partial charge >= 0.3 is 0 Å². The fourth-order valence-electron chi connectivity index (χ4n) is 19.1. The summed E-state index contributed by atoms with van der Waals surface area (Å²) in [4.78, 5) is 0. The van der Waals surface area contributed by atoms with Crippen LogP contribution in [0.15, 0.2) is 419 Å². The van der Waals surface area contributed by atoms with Gasteiger partial charge in [-0.1, -0.05) is 303 Å². The fourth-order valence-corrected chi connectivity index (χ4v) is 26.5. The van der Waals surface area contributed by atoms with Crippen molar-refractivity contribution in [3.8, 4) is 83.8 Å². The van der Waals surface area contributed by atoms with Crippen LogP contribution in [0.1, 0.15) is 0 Å². The molecule has 0 aliphatic heterocycles. The van der Waals surface area contributed by atoms with Gasteiger partial charge in [0.1, 0.15) is 0 Å². The summed E-state index contributed by atoms with van der Waals surface area (Å²) >= 11 is 11.4. The van der Waals surface area contributed by atoms with E-state index in [-0.39, 0.29) is 0 Å². The van der Waals surface area contributed by atoms with Crippen LogP contribution in [0.4, 0.5) is 0 Å². The number of nitrogens with zero attached hydrogens (tertiary/aromatic N) is 3.